The summed E-state index contributed by atoms with van der Waals surface area (Å²) < 4.78 is 9.19. The maximum atomic E-state index is 13.5. The zero-order chi connectivity index (χ0) is 27.7. The van der Waals surface area contributed by atoms with Gasteiger partial charge in [-0.05, 0) is 62.4 Å². The van der Waals surface area contributed by atoms with Crippen molar-refractivity contribution in [2.75, 3.05) is 48.4 Å². The number of piperazine rings is 1. The molecule has 208 valence electrons. The predicted octanol–water partition coefficient (Wildman–Crippen LogP) is 2.90. The lowest BCUT2D eigenvalue weighted by Crippen LogP contribution is -2.78. The van der Waals surface area contributed by atoms with E-state index in [0.29, 0.717) is 53.6 Å². The van der Waals surface area contributed by atoms with Gasteiger partial charge in [-0.15, -0.1) is 0 Å². The number of likely N-dealkylation sites (tertiary alicyclic amines) is 1. The SMILES string of the molecule is CN1CC2[C@@H]1CN2c1ccc(Nc2ncc3c(=O)n4n(c3n2)-c2ccc3c(c2)N(CCC/C=C\C4)C(=O)CO3)cc1. The Bertz CT molecular complexity index is 1780. The molecule has 1 unspecified atom stereocenters. The Morgan fingerprint density at radius 2 is 1.85 bits per heavy atom. The van der Waals surface area contributed by atoms with E-state index in [0.717, 1.165) is 37.3 Å². The third-order valence-electron chi connectivity index (χ3n) is 8.73. The number of anilines is 4. The molecule has 4 aliphatic heterocycles. The van der Waals surface area contributed by atoms with Crippen molar-refractivity contribution in [2.45, 2.75) is 31.5 Å². The Balaban J connectivity index is 1.16. The molecular weight excluding hydrogens is 520 g/mol. The van der Waals surface area contributed by atoms with Gasteiger partial charge in [-0.1, -0.05) is 12.2 Å². The second-order valence-electron chi connectivity index (χ2n) is 11.1. The van der Waals surface area contributed by atoms with Crippen molar-refractivity contribution in [1.82, 2.24) is 24.2 Å². The largest absolute Gasteiger partial charge is 0.482 e. The molecule has 2 bridgehead atoms. The monoisotopic (exact) mass is 550 g/mol. The minimum Gasteiger partial charge on any atom is -0.482 e. The normalized spacial score (nSPS) is 22.4. The molecule has 4 aliphatic rings. The number of carbonyl (C=O) groups excluding carboxylic acids is 1. The van der Waals surface area contributed by atoms with Crippen LogP contribution in [-0.2, 0) is 11.3 Å². The van der Waals surface area contributed by atoms with Crippen molar-refractivity contribution >= 4 is 40.0 Å². The van der Waals surface area contributed by atoms with Gasteiger partial charge >= 0.3 is 0 Å². The number of likely N-dealkylation sites (N-methyl/N-ethyl adjacent to an activating group) is 1. The van der Waals surface area contributed by atoms with Gasteiger partial charge < -0.3 is 19.9 Å². The van der Waals surface area contributed by atoms with Crippen molar-refractivity contribution in [3.8, 4) is 11.4 Å². The van der Waals surface area contributed by atoms with Crippen LogP contribution in [0.3, 0.4) is 0 Å². The van der Waals surface area contributed by atoms with Gasteiger partial charge in [0.15, 0.2) is 12.3 Å². The van der Waals surface area contributed by atoms with Crippen LogP contribution in [0.25, 0.3) is 16.7 Å². The Kier molecular flexibility index (Phi) is 5.43. The molecule has 8 rings (SSSR count). The second kappa shape index (κ2) is 9.20. The van der Waals surface area contributed by atoms with Crippen LogP contribution in [0.4, 0.5) is 23.0 Å². The fraction of sp³-hybridized carbons (Fsp3) is 0.333. The summed E-state index contributed by atoms with van der Waals surface area (Å²) in [4.78, 5) is 42.2. The number of aromatic nitrogens is 4. The Hall–Kier alpha value is -4.64. The number of ether oxygens (including phenoxy) is 1. The molecule has 0 saturated carbocycles. The highest BCUT2D eigenvalue weighted by molar-refractivity contribution is 5.98. The number of hydrogen-bond acceptors (Lipinski definition) is 8. The summed E-state index contributed by atoms with van der Waals surface area (Å²) in [5.41, 5.74) is 3.83. The molecule has 0 spiro atoms. The summed E-state index contributed by atoms with van der Waals surface area (Å²) in [6.45, 7) is 3.20. The van der Waals surface area contributed by atoms with Crippen molar-refractivity contribution < 1.29 is 9.53 Å². The molecule has 1 amide bonds. The maximum absolute atomic E-state index is 13.5. The van der Waals surface area contributed by atoms with Gasteiger partial charge in [0.25, 0.3) is 11.5 Å². The van der Waals surface area contributed by atoms with E-state index in [-0.39, 0.29) is 18.1 Å². The molecule has 11 heteroatoms. The summed E-state index contributed by atoms with van der Waals surface area (Å²) in [6.07, 6.45) is 7.26. The molecule has 6 heterocycles. The predicted molar refractivity (Wildman–Crippen MR) is 157 cm³/mol. The quantitative estimate of drug-likeness (QED) is 0.389. The fourth-order valence-corrected chi connectivity index (χ4v) is 6.38. The van der Waals surface area contributed by atoms with E-state index in [1.807, 2.05) is 41.1 Å². The first-order chi connectivity index (χ1) is 20.0. The van der Waals surface area contributed by atoms with Gasteiger partial charge in [0.2, 0.25) is 5.95 Å². The van der Waals surface area contributed by atoms with E-state index >= 15 is 0 Å². The van der Waals surface area contributed by atoms with Gasteiger partial charge in [0, 0.05) is 43.2 Å². The molecule has 4 aromatic rings. The van der Waals surface area contributed by atoms with E-state index in [9.17, 15) is 9.59 Å². The van der Waals surface area contributed by atoms with Gasteiger partial charge in [-0.3, -0.25) is 14.5 Å². The number of carbonyl (C=O) groups is 1. The lowest BCUT2D eigenvalue weighted by Gasteiger charge is -2.62. The summed E-state index contributed by atoms with van der Waals surface area (Å²) >= 11 is 0. The number of nitrogens with one attached hydrogen (secondary N) is 1. The van der Waals surface area contributed by atoms with Crippen molar-refractivity contribution in [3.63, 3.8) is 0 Å². The van der Waals surface area contributed by atoms with Crippen LogP contribution >= 0.6 is 0 Å². The molecule has 2 atom stereocenters. The maximum Gasteiger partial charge on any atom is 0.278 e. The van der Waals surface area contributed by atoms with Crippen LogP contribution in [0.2, 0.25) is 0 Å². The first-order valence-corrected chi connectivity index (χ1v) is 14.1. The van der Waals surface area contributed by atoms with E-state index in [1.165, 1.54) is 5.69 Å². The molecule has 2 fully saturated rings. The molecule has 41 heavy (non-hydrogen) atoms. The number of amides is 1. The van der Waals surface area contributed by atoms with Crippen LogP contribution < -0.4 is 25.4 Å². The van der Waals surface area contributed by atoms with E-state index in [1.54, 1.807) is 15.8 Å². The van der Waals surface area contributed by atoms with E-state index in [2.05, 4.69) is 45.4 Å². The molecule has 1 N–H and O–H groups in total. The molecule has 2 aromatic carbocycles. The smallest absolute Gasteiger partial charge is 0.278 e. The molecule has 0 radical (unpaired) electrons. The highest BCUT2D eigenvalue weighted by Gasteiger charge is 2.49. The fourth-order valence-electron chi connectivity index (χ4n) is 6.38. The van der Waals surface area contributed by atoms with Crippen molar-refractivity contribution in [3.05, 3.63) is 71.2 Å². The number of benzene rings is 2. The van der Waals surface area contributed by atoms with Crippen LogP contribution in [0.15, 0.2) is 65.6 Å². The van der Waals surface area contributed by atoms with Crippen molar-refractivity contribution in [2.24, 2.45) is 0 Å². The number of rotatable bonds is 3. The van der Waals surface area contributed by atoms with Crippen LogP contribution in [0.5, 0.6) is 5.75 Å². The zero-order valence-corrected chi connectivity index (χ0v) is 22.7. The average Bonchev–Trinajstić information content (AvgIpc) is 3.24. The second-order valence-corrected chi connectivity index (χ2v) is 11.1. The topological polar surface area (TPSA) is 101 Å². The third-order valence-corrected chi connectivity index (χ3v) is 8.73. The summed E-state index contributed by atoms with van der Waals surface area (Å²) in [5, 5.41) is 3.74. The van der Waals surface area contributed by atoms with Crippen LogP contribution in [-0.4, -0.2) is 75.5 Å². The molecule has 2 saturated heterocycles. The minimum absolute atomic E-state index is 0.0268. The standard InChI is InChI=1S/C30H30N8O3/c1-34-16-25-24(34)17-36(25)20-8-6-19(7-9-20)32-30-31-15-22-28(33-30)38-21-10-11-26-23(14-21)35(27(39)18-41-26)12-4-2-3-5-13-37(38)29(22)40/h3,5-11,14-15,24-25H,2,4,12-13,16-18H2,1H3,(H,31,32,33)/b5-3-/t24-,25?/m0/s1. The summed E-state index contributed by atoms with van der Waals surface area (Å²) in [6, 6.07) is 15.3. The number of nitrogens with zero attached hydrogens (tertiary/aromatic N) is 7. The number of hydrogen-bond donors (Lipinski definition) is 1. The molecule has 11 nitrogen and oxygen atoms in total. The van der Waals surface area contributed by atoms with Crippen molar-refractivity contribution in [1.29, 1.82) is 0 Å². The lowest BCUT2D eigenvalue weighted by molar-refractivity contribution is -0.121. The average molecular weight is 551 g/mol. The Labute approximate surface area is 236 Å². The zero-order valence-electron chi connectivity index (χ0n) is 22.7. The Morgan fingerprint density at radius 1 is 1.00 bits per heavy atom. The molecule has 2 aromatic heterocycles. The first-order valence-electron chi connectivity index (χ1n) is 14.1. The summed E-state index contributed by atoms with van der Waals surface area (Å²) in [5.74, 6) is 0.986. The van der Waals surface area contributed by atoms with Crippen LogP contribution in [0, 0.1) is 0 Å². The first kappa shape index (κ1) is 24.2. The number of fused-ring (bicyclic) bond motifs is 6. The van der Waals surface area contributed by atoms with Crippen LogP contribution in [0.1, 0.15) is 12.8 Å². The number of allylic oxidation sites excluding steroid dienone is 2. The van der Waals surface area contributed by atoms with Gasteiger partial charge in [0.1, 0.15) is 11.1 Å². The lowest BCUT2D eigenvalue weighted by atomic mass is 9.86. The highest BCUT2D eigenvalue weighted by atomic mass is 16.5. The Morgan fingerprint density at radius 3 is 2.66 bits per heavy atom. The van der Waals surface area contributed by atoms with Gasteiger partial charge in [-0.25, -0.2) is 14.3 Å². The molecule has 0 aliphatic carbocycles. The summed E-state index contributed by atoms with van der Waals surface area (Å²) in [7, 11) is 2.18. The van der Waals surface area contributed by atoms with E-state index in [4.69, 9.17) is 9.72 Å². The molecular formula is C30H30N8O3. The minimum atomic E-state index is -0.172. The van der Waals surface area contributed by atoms with E-state index < -0.39 is 0 Å². The third kappa shape index (κ3) is 3.83. The van der Waals surface area contributed by atoms with Gasteiger partial charge in [0.05, 0.1) is 24.0 Å². The highest BCUT2D eigenvalue weighted by Crippen LogP contribution is 2.37. The van der Waals surface area contributed by atoms with Gasteiger partial charge in [-0.2, -0.15) is 4.98 Å².